The molecule has 0 atom stereocenters. The van der Waals surface area contributed by atoms with Crippen LogP contribution in [0, 0.1) is 6.92 Å². The molecule has 3 nitrogen and oxygen atoms in total. The quantitative estimate of drug-likeness (QED) is 0.607. The van der Waals surface area contributed by atoms with Crippen LogP contribution in [0.1, 0.15) is 25.5 Å². The molecule has 1 aromatic heterocycles. The van der Waals surface area contributed by atoms with Gasteiger partial charge in [0.05, 0.1) is 0 Å². The number of rotatable bonds is 1. The zero-order chi connectivity index (χ0) is 7.72. The summed E-state index contributed by atoms with van der Waals surface area (Å²) in [4.78, 5) is 10.9. The first-order valence-electron chi connectivity index (χ1n) is 3.39. The molecule has 0 amide bonds. The molecule has 0 fully saturated rings. The van der Waals surface area contributed by atoms with Gasteiger partial charge in [-0.2, -0.15) is 0 Å². The summed E-state index contributed by atoms with van der Waals surface area (Å²) in [5.74, 6) is 0. The van der Waals surface area contributed by atoms with Gasteiger partial charge < -0.3 is 0 Å². The molecule has 0 aliphatic heterocycles. The molecule has 57 valence electrons. The van der Waals surface area contributed by atoms with Crippen LogP contribution in [0.15, 0.2) is 11.0 Å². The summed E-state index contributed by atoms with van der Waals surface area (Å²) in [6, 6.07) is 0.335. The Morgan fingerprint density at radius 3 is 2.27 bits per heavy atom. The second-order valence-electron chi connectivity index (χ2n) is 2.75. The van der Waals surface area contributed by atoms with Crippen LogP contribution in [0.3, 0.4) is 0 Å². The van der Waals surface area contributed by atoms with Crippen molar-refractivity contribution >= 4 is 29.6 Å². The Morgan fingerprint density at radius 2 is 2.09 bits per heavy atom. The van der Waals surface area contributed by atoms with Gasteiger partial charge in [-0.3, -0.25) is 14.6 Å². The fraction of sp³-hybridized carbons (Fsp3) is 0.571. The largest absolute Gasteiger partial charge is 0.290 e. The topological polar surface area (TPSA) is 37.8 Å². The molecular weight excluding hydrogens is 151 g/mol. The summed E-state index contributed by atoms with van der Waals surface area (Å²) in [5.41, 5.74) is 0.780. The summed E-state index contributed by atoms with van der Waals surface area (Å²) < 4.78 is 1.80. The molecule has 0 aliphatic rings. The third kappa shape index (κ3) is 2.51. The van der Waals surface area contributed by atoms with Crippen LogP contribution >= 0.6 is 0 Å². The van der Waals surface area contributed by atoms with E-state index in [4.69, 9.17) is 0 Å². The molecular formula is C7H12N2NaO. The molecule has 0 unspecified atom stereocenters. The minimum Gasteiger partial charge on any atom is -0.290 e. The average Bonchev–Trinajstić information content (AvgIpc) is 2.13. The maximum absolute atomic E-state index is 10.9. The van der Waals surface area contributed by atoms with Crippen LogP contribution in [-0.4, -0.2) is 39.3 Å². The van der Waals surface area contributed by atoms with E-state index in [0.29, 0.717) is 6.04 Å². The van der Waals surface area contributed by atoms with E-state index in [0.717, 1.165) is 5.56 Å². The Labute approximate surface area is 88.1 Å². The molecule has 0 spiro atoms. The number of aryl methyl sites for hydroxylation is 1. The van der Waals surface area contributed by atoms with Crippen molar-refractivity contribution in [3.8, 4) is 0 Å². The first-order chi connectivity index (χ1) is 4.61. The van der Waals surface area contributed by atoms with Gasteiger partial charge in [0.2, 0.25) is 0 Å². The number of hydrogen-bond acceptors (Lipinski definition) is 1. The molecule has 0 aliphatic carbocycles. The molecule has 0 aromatic carbocycles. The van der Waals surface area contributed by atoms with E-state index in [1.54, 1.807) is 11.6 Å². The van der Waals surface area contributed by atoms with Gasteiger partial charge in [0.15, 0.2) is 0 Å². The molecule has 1 heterocycles. The number of nitrogens with one attached hydrogen (secondary N) is 1. The molecule has 1 N–H and O–H groups in total. The van der Waals surface area contributed by atoms with E-state index in [1.165, 1.54) is 0 Å². The van der Waals surface area contributed by atoms with Crippen LogP contribution in [0.25, 0.3) is 0 Å². The van der Waals surface area contributed by atoms with Crippen molar-refractivity contribution in [3.63, 3.8) is 0 Å². The van der Waals surface area contributed by atoms with Crippen molar-refractivity contribution in [1.29, 1.82) is 0 Å². The molecule has 0 bridgehead atoms. The first-order valence-corrected chi connectivity index (χ1v) is 3.39. The van der Waals surface area contributed by atoms with Crippen molar-refractivity contribution in [2.45, 2.75) is 26.8 Å². The van der Waals surface area contributed by atoms with Gasteiger partial charge in [0.25, 0.3) is 5.56 Å². The van der Waals surface area contributed by atoms with Crippen molar-refractivity contribution in [3.05, 3.63) is 22.1 Å². The van der Waals surface area contributed by atoms with E-state index in [1.807, 2.05) is 20.0 Å². The van der Waals surface area contributed by atoms with Crippen LogP contribution in [-0.2, 0) is 0 Å². The van der Waals surface area contributed by atoms with Crippen molar-refractivity contribution < 1.29 is 0 Å². The number of nitrogens with zero attached hydrogens (tertiary/aromatic N) is 1. The van der Waals surface area contributed by atoms with Crippen LogP contribution in [0.2, 0.25) is 0 Å². The predicted octanol–water partition coefficient (Wildman–Crippen LogP) is 0.685. The SMILES string of the molecule is Cc1cn(C(C)C)[nH]c1=O.[Na]. The summed E-state index contributed by atoms with van der Waals surface area (Å²) in [5, 5.41) is 2.70. The van der Waals surface area contributed by atoms with Gasteiger partial charge >= 0.3 is 0 Å². The number of aromatic amines is 1. The Balaban J connectivity index is 0.000001000. The summed E-state index contributed by atoms with van der Waals surface area (Å²) in [6.07, 6.45) is 1.83. The van der Waals surface area contributed by atoms with Gasteiger partial charge in [-0.25, -0.2) is 0 Å². The zero-order valence-electron chi connectivity index (χ0n) is 7.51. The molecule has 1 radical (unpaired) electrons. The molecule has 0 saturated heterocycles. The predicted molar refractivity (Wildman–Crippen MR) is 45.9 cm³/mol. The molecule has 0 saturated carbocycles. The van der Waals surface area contributed by atoms with Gasteiger partial charge in [-0.15, -0.1) is 0 Å². The standard InChI is InChI=1S/C7H12N2O.Na/c1-5(2)9-4-6(3)7(10)8-9;/h4-5H,1-3H3,(H,8,10);. The summed E-state index contributed by atoms with van der Waals surface area (Å²) >= 11 is 0. The van der Waals surface area contributed by atoms with Crippen molar-refractivity contribution in [2.24, 2.45) is 0 Å². The molecule has 4 heteroatoms. The average molecular weight is 163 g/mol. The molecule has 1 rings (SSSR count). The van der Waals surface area contributed by atoms with Crippen LogP contribution in [0.5, 0.6) is 0 Å². The Bertz CT molecular complexity index is 274. The first kappa shape index (κ1) is 11.0. The minimum atomic E-state index is 0. The summed E-state index contributed by atoms with van der Waals surface area (Å²) in [7, 11) is 0. The van der Waals surface area contributed by atoms with Crippen molar-refractivity contribution in [1.82, 2.24) is 9.78 Å². The summed E-state index contributed by atoms with van der Waals surface area (Å²) in [6.45, 7) is 5.85. The molecule has 1 aromatic rings. The third-order valence-corrected chi connectivity index (χ3v) is 1.48. The normalized spacial score (nSPS) is 9.82. The number of H-pyrrole nitrogens is 1. The number of hydrogen-bond donors (Lipinski definition) is 1. The van der Waals surface area contributed by atoms with Gasteiger partial charge in [0.1, 0.15) is 0 Å². The van der Waals surface area contributed by atoms with E-state index < -0.39 is 0 Å². The Kier molecular flexibility index (Phi) is 4.14. The van der Waals surface area contributed by atoms with E-state index in [-0.39, 0.29) is 35.1 Å². The second-order valence-corrected chi connectivity index (χ2v) is 2.75. The van der Waals surface area contributed by atoms with E-state index in [9.17, 15) is 4.79 Å². The second kappa shape index (κ2) is 4.14. The van der Waals surface area contributed by atoms with Crippen LogP contribution < -0.4 is 5.56 Å². The monoisotopic (exact) mass is 163 g/mol. The Hall–Kier alpha value is 0.0100. The molecule has 11 heavy (non-hydrogen) atoms. The maximum Gasteiger partial charge on any atom is 0.266 e. The fourth-order valence-corrected chi connectivity index (χ4v) is 0.783. The minimum absolute atomic E-state index is 0. The third-order valence-electron chi connectivity index (χ3n) is 1.48. The van der Waals surface area contributed by atoms with E-state index in [2.05, 4.69) is 5.10 Å². The van der Waals surface area contributed by atoms with Gasteiger partial charge in [0, 0.05) is 47.4 Å². The Morgan fingerprint density at radius 1 is 1.55 bits per heavy atom. The van der Waals surface area contributed by atoms with Crippen LogP contribution in [0.4, 0.5) is 0 Å². The fourth-order valence-electron chi connectivity index (χ4n) is 0.783. The van der Waals surface area contributed by atoms with Crippen molar-refractivity contribution in [2.75, 3.05) is 0 Å². The maximum atomic E-state index is 10.9. The van der Waals surface area contributed by atoms with Gasteiger partial charge in [-0.05, 0) is 20.8 Å². The van der Waals surface area contributed by atoms with Gasteiger partial charge in [-0.1, -0.05) is 0 Å². The van der Waals surface area contributed by atoms with E-state index >= 15 is 0 Å². The zero-order valence-corrected chi connectivity index (χ0v) is 9.51. The smallest absolute Gasteiger partial charge is 0.266 e. The number of aromatic nitrogens is 2.